The van der Waals surface area contributed by atoms with Gasteiger partial charge in [0.25, 0.3) is 0 Å². The predicted molar refractivity (Wildman–Crippen MR) is 317 cm³/mol. The van der Waals surface area contributed by atoms with E-state index < -0.39 is 162 Å². The molecule has 4 N–H and O–H groups in total. The number of carbonyl (C=O) groups is 4. The van der Waals surface area contributed by atoms with E-state index in [9.17, 15) is 111 Å². The number of ether oxygens (including phenoxy) is 4. The largest absolute Gasteiger partial charge is 0.743 e. The lowest BCUT2D eigenvalue weighted by atomic mass is 9.86. The van der Waals surface area contributed by atoms with E-state index in [0.29, 0.717) is 85.5 Å². The predicted octanol–water partition coefficient (Wildman–Crippen LogP) is 9.65. The monoisotopic (exact) mass is 1450 g/mol. The molecule has 6 unspecified atom stereocenters. The molecule has 0 bridgehead atoms. The van der Waals surface area contributed by atoms with Crippen molar-refractivity contribution in [2.75, 3.05) is 0 Å². The number of rotatable bonds is 25. The number of carbonyl (C=O) groups excluding carboxylic acids is 4. The van der Waals surface area contributed by atoms with Crippen molar-refractivity contribution in [2.24, 2.45) is 29.6 Å². The van der Waals surface area contributed by atoms with Gasteiger partial charge in [-0.15, -0.1) is 0 Å². The van der Waals surface area contributed by atoms with Gasteiger partial charge in [-0.2, -0.15) is 35.1 Å². The van der Waals surface area contributed by atoms with Crippen molar-refractivity contribution in [3.63, 3.8) is 0 Å². The van der Waals surface area contributed by atoms with E-state index in [1.165, 1.54) is 0 Å². The summed E-state index contributed by atoms with van der Waals surface area (Å²) in [5, 5.41) is 19.1. The highest BCUT2D eigenvalue weighted by atomic mass is 32.2. The van der Waals surface area contributed by atoms with Crippen molar-refractivity contribution >= 4 is 64.3 Å². The van der Waals surface area contributed by atoms with Gasteiger partial charge in [0.1, 0.15) is 0 Å². The van der Waals surface area contributed by atoms with Crippen molar-refractivity contribution in [2.45, 2.75) is 307 Å². The number of hydrogen-bond acceptors (Lipinski definition) is 24. The molecule has 0 spiro atoms. The normalized spacial score (nSPS) is 19.3. The van der Waals surface area contributed by atoms with E-state index in [1.54, 1.807) is 13.8 Å². The summed E-state index contributed by atoms with van der Waals surface area (Å²) in [5.41, 5.74) is -2.32. The fourth-order valence-corrected chi connectivity index (χ4v) is 9.70. The van der Waals surface area contributed by atoms with Crippen LogP contribution in [-0.4, -0.2) is 164 Å². The highest BCUT2D eigenvalue weighted by molar-refractivity contribution is 7.87. The maximum Gasteiger partial charge on any atom is 0.369 e. The maximum absolute atomic E-state index is 13.2. The molecule has 4 rings (SSSR count). The Bertz CT molecular complexity index is 2680. The average molecular weight is 1450 g/mol. The van der Waals surface area contributed by atoms with Gasteiger partial charge in [-0.3, -0.25) is 19.2 Å². The van der Waals surface area contributed by atoms with E-state index in [0.717, 1.165) is 77.0 Å². The second-order valence-corrected chi connectivity index (χ2v) is 30.0. The van der Waals surface area contributed by atoms with Crippen LogP contribution >= 0.6 is 0 Å². The molecule has 0 aliphatic heterocycles. The minimum absolute atomic E-state index is 0.291. The molecule has 0 aromatic heterocycles. The zero-order valence-corrected chi connectivity index (χ0v) is 58.9. The Labute approximate surface area is 543 Å². The molecule has 36 heteroatoms. The molecule has 24 nitrogen and oxygen atoms in total. The summed E-state index contributed by atoms with van der Waals surface area (Å²) in [4.78, 5) is 45.8. The van der Waals surface area contributed by atoms with Crippen LogP contribution in [-0.2, 0) is 78.6 Å². The molecule has 0 saturated heterocycles. The van der Waals surface area contributed by atoms with Gasteiger partial charge < -0.3 is 57.6 Å². The van der Waals surface area contributed by atoms with E-state index >= 15 is 0 Å². The summed E-state index contributed by atoms with van der Waals surface area (Å²) in [7, 11) is -23.4. The summed E-state index contributed by atoms with van der Waals surface area (Å²) in [6, 6.07) is 0. The van der Waals surface area contributed by atoms with Gasteiger partial charge in [0.05, 0.1) is 46.1 Å². The molecule has 4 aliphatic rings. The number of esters is 4. The summed E-state index contributed by atoms with van der Waals surface area (Å²) >= 11 is 0. The van der Waals surface area contributed by atoms with Gasteiger partial charge in [0, 0.05) is 5.92 Å². The Kier molecular flexibility index (Phi) is 39.2. The van der Waals surface area contributed by atoms with Crippen LogP contribution in [0.3, 0.4) is 0 Å². The standard InChI is InChI=1S/C12H20F2O6S.C10H16F2O5S.C9H14F2O5S.C8H12F2O5S.3C6H14O/c1-4-11(16,5-2)9-6-8(9)10(15)20-7(3)12(13,14)21(17,18)19;1-7(10(11,12)18(14,15)16)17-9(13)8-5-3-2-4-6-8;1-6(9(10,11)17(13,14)15)16-8(12)7-4-2-3-5-7;1-5(8(9,10)16(12,13)14)15-7(11)6-3-2-4-6;3*1-4-6(3,7)5-2/h7-9,16H,4-6H2,1-3H3,(H,17,18,19);7-8H,2-6H2,1H3,(H,14,15,16);6-7H,2-5H2,1H3,(H,13,14,15);5-6H,2-4H2,1H3,(H,12,13,14);3*7H,4-5H2,1-3H3/p-4. The van der Waals surface area contributed by atoms with Crippen molar-refractivity contribution in [3.05, 3.63) is 0 Å². The van der Waals surface area contributed by atoms with Crippen molar-refractivity contribution < 1.29 is 146 Å². The minimum Gasteiger partial charge on any atom is -0.743 e. The lowest BCUT2D eigenvalue weighted by Gasteiger charge is -2.29. The molecule has 4 fully saturated rings. The molecule has 556 valence electrons. The second kappa shape index (κ2) is 38.8. The molecular weight excluding hydrogens is 1350 g/mol. The minimum atomic E-state index is -5.91. The lowest BCUT2D eigenvalue weighted by molar-refractivity contribution is -0.167. The number of aliphatic hydroxyl groups is 4. The molecule has 0 aromatic rings. The first-order valence-corrected chi connectivity index (χ1v) is 36.4. The number of hydrogen-bond donors (Lipinski definition) is 4. The smallest absolute Gasteiger partial charge is 0.369 e. The van der Waals surface area contributed by atoms with Crippen molar-refractivity contribution in [1.82, 2.24) is 0 Å². The Hall–Kier alpha value is -3.20. The van der Waals surface area contributed by atoms with Crippen molar-refractivity contribution in [1.29, 1.82) is 0 Å². The van der Waals surface area contributed by atoms with Crippen LogP contribution in [0.25, 0.3) is 0 Å². The fraction of sp³-hybridized carbons (Fsp3) is 0.930. The van der Waals surface area contributed by atoms with E-state index in [1.807, 2.05) is 62.3 Å². The third-order valence-corrected chi connectivity index (χ3v) is 21.0. The first-order chi connectivity index (χ1) is 41.7. The summed E-state index contributed by atoms with van der Waals surface area (Å²) in [6.45, 7) is 23.7. The van der Waals surface area contributed by atoms with E-state index in [-0.39, 0.29) is 0 Å². The molecule has 0 aromatic carbocycles. The third-order valence-electron chi connectivity index (χ3n) is 17.0. The zero-order chi connectivity index (χ0) is 74.2. The first-order valence-electron chi connectivity index (χ1n) is 30.8. The van der Waals surface area contributed by atoms with Crippen LogP contribution < -0.4 is 0 Å². The third kappa shape index (κ3) is 31.5. The highest BCUT2D eigenvalue weighted by Crippen LogP contribution is 2.50. The molecular formula is C57H100F8O24S4-4. The van der Waals surface area contributed by atoms with Gasteiger partial charge in [-0.1, -0.05) is 93.9 Å². The van der Waals surface area contributed by atoms with E-state index in [4.69, 9.17) is 15.3 Å². The van der Waals surface area contributed by atoms with Crippen LogP contribution in [0.5, 0.6) is 0 Å². The van der Waals surface area contributed by atoms with Gasteiger partial charge in [0.15, 0.2) is 64.9 Å². The van der Waals surface area contributed by atoms with Gasteiger partial charge in [-0.25, -0.2) is 33.7 Å². The summed E-state index contributed by atoms with van der Waals surface area (Å²) < 4.78 is 246. The van der Waals surface area contributed by atoms with Crippen LogP contribution in [0.15, 0.2) is 0 Å². The van der Waals surface area contributed by atoms with Crippen LogP contribution in [0.2, 0.25) is 0 Å². The first kappa shape index (κ1) is 94.0. The lowest BCUT2D eigenvalue weighted by Crippen LogP contribution is -2.43. The van der Waals surface area contributed by atoms with Crippen LogP contribution in [0, 0.1) is 29.6 Å². The topological polar surface area (TPSA) is 415 Å². The Morgan fingerprint density at radius 3 is 0.731 bits per heavy atom. The van der Waals surface area contributed by atoms with E-state index in [2.05, 4.69) is 18.9 Å². The Morgan fingerprint density at radius 2 is 0.570 bits per heavy atom. The summed E-state index contributed by atoms with van der Waals surface area (Å²) in [6.07, 6.45) is 5.32. The zero-order valence-electron chi connectivity index (χ0n) is 55.7. The Morgan fingerprint density at radius 1 is 0.376 bits per heavy atom. The number of halogens is 8. The van der Waals surface area contributed by atoms with Crippen LogP contribution in [0.1, 0.15) is 239 Å². The average Bonchev–Trinajstić information content (AvgIpc) is 1.66. The summed E-state index contributed by atoms with van der Waals surface area (Å²) in [5.74, 6) is -6.16. The van der Waals surface area contributed by atoms with Gasteiger partial charge in [-0.05, 0) is 145 Å². The Balaban J connectivity index is -0.00000106. The quantitative estimate of drug-likeness (QED) is 0.0286. The molecule has 93 heavy (non-hydrogen) atoms. The van der Waals surface area contributed by atoms with Gasteiger partial charge >= 0.3 is 44.9 Å². The van der Waals surface area contributed by atoms with Crippen LogP contribution in [0.4, 0.5) is 35.1 Å². The molecule has 0 heterocycles. The number of alkyl halides is 8. The van der Waals surface area contributed by atoms with Crippen molar-refractivity contribution in [3.8, 4) is 0 Å². The van der Waals surface area contributed by atoms with Gasteiger partial charge in [0.2, 0.25) is 0 Å². The SMILES string of the molecule is CC(OC(=O)C1CCC1)C(F)(F)S(=O)(=O)[O-].CC(OC(=O)C1CCCC1)C(F)(F)S(=O)(=O)[O-].CC(OC(=O)C1CCCCC1)C(F)(F)S(=O)(=O)[O-].CCC(C)(O)CC.CCC(C)(O)CC.CCC(C)(O)CC.CCC(O)(CC)C1CC1C(=O)OC(C)C(F)(F)S(=O)(=O)[O-]. The fourth-order valence-electron chi connectivity index (χ4n) is 7.88. The highest BCUT2D eigenvalue weighted by Gasteiger charge is 2.57. The maximum atomic E-state index is 13.2. The molecule has 4 saturated carbocycles. The molecule has 4 aliphatic carbocycles. The second-order valence-electron chi connectivity index (χ2n) is 24.2. The molecule has 6 atom stereocenters. The molecule has 0 radical (unpaired) electrons. The molecule has 0 amide bonds.